The first-order chi connectivity index (χ1) is 9.28. The van der Waals surface area contributed by atoms with Crippen LogP contribution in [0.5, 0.6) is 0 Å². The normalized spacial score (nSPS) is 12.6. The van der Waals surface area contributed by atoms with Gasteiger partial charge < -0.3 is 15.7 Å². The predicted octanol–water partition coefficient (Wildman–Crippen LogP) is 1.14. The zero-order chi connectivity index (χ0) is 15.2. The highest BCUT2D eigenvalue weighted by Crippen LogP contribution is 2.15. The average Bonchev–Trinajstić information content (AvgIpc) is 2.35. The molecule has 0 aliphatic rings. The number of hydrogen-bond acceptors (Lipinski definition) is 3. The number of nitrogens with one attached hydrogen (secondary N) is 2. The molecule has 0 saturated heterocycles. The summed E-state index contributed by atoms with van der Waals surface area (Å²) in [5.74, 6) is -0.606. The van der Waals surface area contributed by atoms with Gasteiger partial charge in [-0.05, 0) is 26.3 Å². The Kier molecular flexibility index (Phi) is 5.70. The second-order valence-electron chi connectivity index (χ2n) is 5.71. The van der Waals surface area contributed by atoms with E-state index >= 15 is 0 Å². The molecule has 0 aliphatic carbocycles. The molecule has 0 fully saturated rings. The van der Waals surface area contributed by atoms with Crippen molar-refractivity contribution in [2.75, 3.05) is 6.54 Å². The first-order valence-corrected chi connectivity index (χ1v) is 6.58. The number of aliphatic hydroxyl groups excluding tert-OH is 1. The van der Waals surface area contributed by atoms with Crippen molar-refractivity contribution in [3.63, 3.8) is 0 Å². The molecule has 5 heteroatoms. The van der Waals surface area contributed by atoms with Crippen molar-refractivity contribution < 1.29 is 14.7 Å². The zero-order valence-corrected chi connectivity index (χ0v) is 12.1. The summed E-state index contributed by atoms with van der Waals surface area (Å²) in [5.41, 5.74) is 0.354. The minimum atomic E-state index is -0.859. The summed E-state index contributed by atoms with van der Waals surface area (Å²) in [6.07, 6.45) is -0.922. The van der Waals surface area contributed by atoms with Crippen molar-refractivity contribution in [2.24, 2.45) is 0 Å². The summed E-state index contributed by atoms with van der Waals surface area (Å²) >= 11 is 0. The highest BCUT2D eigenvalue weighted by molar-refractivity contribution is 5.85. The van der Waals surface area contributed by atoms with Gasteiger partial charge in [0.2, 0.25) is 11.8 Å². The molecule has 20 heavy (non-hydrogen) atoms. The second kappa shape index (κ2) is 7.05. The van der Waals surface area contributed by atoms with Gasteiger partial charge in [-0.1, -0.05) is 30.3 Å². The van der Waals surface area contributed by atoms with E-state index < -0.39 is 6.10 Å². The Labute approximate surface area is 119 Å². The first-order valence-electron chi connectivity index (χ1n) is 6.58. The van der Waals surface area contributed by atoms with Crippen LogP contribution >= 0.6 is 0 Å². The number of amides is 2. The molecular weight excluding hydrogens is 256 g/mol. The average molecular weight is 278 g/mol. The molecule has 0 saturated carbocycles. The monoisotopic (exact) mass is 278 g/mol. The van der Waals surface area contributed by atoms with Gasteiger partial charge in [0.25, 0.3) is 0 Å². The third kappa shape index (κ3) is 6.33. The third-order valence-electron chi connectivity index (χ3n) is 2.52. The number of carbonyl (C=O) groups excluding carboxylic acids is 2. The SMILES string of the molecule is CC(C)(C)NC(=O)CNC(=O)CC(O)c1ccccc1. The second-order valence-corrected chi connectivity index (χ2v) is 5.71. The van der Waals surface area contributed by atoms with Crippen molar-refractivity contribution in [3.05, 3.63) is 35.9 Å². The Balaban J connectivity index is 2.36. The molecule has 3 N–H and O–H groups in total. The third-order valence-corrected chi connectivity index (χ3v) is 2.52. The fourth-order valence-corrected chi connectivity index (χ4v) is 1.68. The van der Waals surface area contributed by atoms with E-state index in [2.05, 4.69) is 10.6 Å². The lowest BCUT2D eigenvalue weighted by atomic mass is 10.1. The molecule has 1 rings (SSSR count). The van der Waals surface area contributed by atoms with Crippen molar-refractivity contribution in [1.82, 2.24) is 10.6 Å². The summed E-state index contributed by atoms with van der Waals surface area (Å²) in [4.78, 5) is 23.2. The van der Waals surface area contributed by atoms with Crippen LogP contribution in [-0.4, -0.2) is 29.0 Å². The summed E-state index contributed by atoms with van der Waals surface area (Å²) in [6, 6.07) is 8.95. The van der Waals surface area contributed by atoms with Gasteiger partial charge in [-0.15, -0.1) is 0 Å². The molecule has 0 spiro atoms. The van der Waals surface area contributed by atoms with E-state index in [4.69, 9.17) is 0 Å². The van der Waals surface area contributed by atoms with E-state index in [0.717, 1.165) is 0 Å². The van der Waals surface area contributed by atoms with E-state index in [1.165, 1.54) is 0 Å². The largest absolute Gasteiger partial charge is 0.388 e. The minimum absolute atomic E-state index is 0.0627. The lowest BCUT2D eigenvalue weighted by Gasteiger charge is -2.20. The maximum Gasteiger partial charge on any atom is 0.239 e. The number of aliphatic hydroxyl groups is 1. The van der Waals surface area contributed by atoms with Gasteiger partial charge in [-0.25, -0.2) is 0 Å². The lowest BCUT2D eigenvalue weighted by molar-refractivity contribution is -0.128. The minimum Gasteiger partial charge on any atom is -0.388 e. The molecule has 1 atom stereocenters. The highest BCUT2D eigenvalue weighted by atomic mass is 16.3. The van der Waals surface area contributed by atoms with Crippen LogP contribution in [0.3, 0.4) is 0 Å². The summed E-state index contributed by atoms with van der Waals surface area (Å²) < 4.78 is 0. The van der Waals surface area contributed by atoms with Crippen LogP contribution in [0, 0.1) is 0 Å². The number of carbonyl (C=O) groups is 2. The van der Waals surface area contributed by atoms with Crippen molar-refractivity contribution in [2.45, 2.75) is 38.8 Å². The van der Waals surface area contributed by atoms with Crippen LogP contribution < -0.4 is 10.6 Å². The Morgan fingerprint density at radius 2 is 1.75 bits per heavy atom. The number of rotatable bonds is 5. The van der Waals surface area contributed by atoms with Gasteiger partial charge >= 0.3 is 0 Å². The Hall–Kier alpha value is -1.88. The molecule has 1 aromatic rings. The zero-order valence-electron chi connectivity index (χ0n) is 12.1. The van der Waals surface area contributed by atoms with Crippen LogP contribution in [-0.2, 0) is 9.59 Å². The molecule has 1 unspecified atom stereocenters. The van der Waals surface area contributed by atoms with Crippen molar-refractivity contribution in [3.8, 4) is 0 Å². The van der Waals surface area contributed by atoms with E-state index in [1.807, 2.05) is 26.8 Å². The maximum atomic E-state index is 11.6. The van der Waals surface area contributed by atoms with Gasteiger partial charge in [0.1, 0.15) is 0 Å². The molecule has 0 radical (unpaired) electrons. The van der Waals surface area contributed by atoms with Gasteiger partial charge in [0.05, 0.1) is 19.1 Å². The van der Waals surface area contributed by atoms with Crippen LogP contribution in [0.4, 0.5) is 0 Å². The number of hydrogen-bond donors (Lipinski definition) is 3. The molecule has 0 aromatic heterocycles. The van der Waals surface area contributed by atoms with Gasteiger partial charge in [0, 0.05) is 5.54 Å². The van der Waals surface area contributed by atoms with Crippen LogP contribution in [0.2, 0.25) is 0 Å². The molecule has 110 valence electrons. The molecule has 0 aliphatic heterocycles. The van der Waals surface area contributed by atoms with Crippen molar-refractivity contribution >= 4 is 11.8 Å². The summed E-state index contributed by atoms with van der Waals surface area (Å²) in [7, 11) is 0. The predicted molar refractivity (Wildman–Crippen MR) is 76.9 cm³/mol. The van der Waals surface area contributed by atoms with Gasteiger partial charge in [-0.2, -0.15) is 0 Å². The topological polar surface area (TPSA) is 78.4 Å². The fourth-order valence-electron chi connectivity index (χ4n) is 1.68. The van der Waals surface area contributed by atoms with E-state index in [1.54, 1.807) is 24.3 Å². The molecule has 5 nitrogen and oxygen atoms in total. The van der Waals surface area contributed by atoms with Crippen LogP contribution in [0.15, 0.2) is 30.3 Å². The number of benzene rings is 1. The molecule has 2 amide bonds. The summed E-state index contributed by atoms with van der Waals surface area (Å²) in [6.45, 7) is 5.52. The quantitative estimate of drug-likeness (QED) is 0.756. The van der Waals surface area contributed by atoms with Crippen LogP contribution in [0.25, 0.3) is 0 Å². The Morgan fingerprint density at radius 1 is 1.15 bits per heavy atom. The van der Waals surface area contributed by atoms with Crippen molar-refractivity contribution in [1.29, 1.82) is 0 Å². The Bertz CT molecular complexity index is 452. The van der Waals surface area contributed by atoms with Gasteiger partial charge in [-0.3, -0.25) is 9.59 Å². The van der Waals surface area contributed by atoms with E-state index in [9.17, 15) is 14.7 Å². The first kappa shape index (κ1) is 16.2. The molecule has 1 aromatic carbocycles. The van der Waals surface area contributed by atoms with E-state index in [0.29, 0.717) is 5.56 Å². The lowest BCUT2D eigenvalue weighted by Crippen LogP contribution is -2.45. The van der Waals surface area contributed by atoms with E-state index in [-0.39, 0.29) is 30.3 Å². The van der Waals surface area contributed by atoms with Gasteiger partial charge in [0.15, 0.2) is 0 Å². The highest BCUT2D eigenvalue weighted by Gasteiger charge is 2.16. The van der Waals surface area contributed by atoms with Crippen LogP contribution in [0.1, 0.15) is 38.9 Å². The molecule has 0 bridgehead atoms. The molecular formula is C15H22N2O3. The standard InChI is InChI=1S/C15H22N2O3/c1-15(2,3)17-14(20)10-16-13(19)9-12(18)11-7-5-4-6-8-11/h4-8,12,18H,9-10H2,1-3H3,(H,16,19)(H,17,20). The fraction of sp³-hybridized carbons (Fsp3) is 0.467. The maximum absolute atomic E-state index is 11.6. The smallest absolute Gasteiger partial charge is 0.239 e. The molecule has 0 heterocycles. The summed E-state index contributed by atoms with van der Waals surface area (Å²) in [5, 5.41) is 15.1. The Morgan fingerprint density at radius 3 is 2.30 bits per heavy atom.